The molecule has 0 aliphatic carbocycles. The van der Waals surface area contributed by atoms with Gasteiger partial charge in [-0.25, -0.2) is 0 Å². The second-order valence-corrected chi connectivity index (χ2v) is 0.750. The minimum Gasteiger partial charge on any atom is -0.672 e. The van der Waals surface area contributed by atoms with Gasteiger partial charge in [-0.15, -0.1) is 0 Å². The van der Waals surface area contributed by atoms with Gasteiger partial charge in [0.05, 0.1) is 0 Å². The van der Waals surface area contributed by atoms with Gasteiger partial charge in [0, 0.05) is 9.17 Å². The number of hydrogen-bond acceptors (Lipinski definition) is 3. The predicted molar refractivity (Wildman–Crippen MR) is 12.2 cm³/mol. The summed E-state index contributed by atoms with van der Waals surface area (Å²) in [4.78, 5) is 17.0. The maximum Gasteiger partial charge on any atom is 3.00 e. The van der Waals surface area contributed by atoms with Crippen LogP contribution in [0.25, 0.3) is 0 Å². The zero-order chi connectivity index (χ0) is 3.58. The number of hydrogen-bond donors (Lipinski definition) is 0. The van der Waals surface area contributed by atoms with Crippen molar-refractivity contribution in [3.05, 3.63) is 0 Å². The fourth-order valence-electron chi connectivity index (χ4n) is 0. The fourth-order valence-corrected chi connectivity index (χ4v) is 0. The Morgan fingerprint density at radius 3 is 1.33 bits per heavy atom. The molecule has 0 fully saturated rings. The molecule has 0 bridgehead atoms. The summed E-state index contributed by atoms with van der Waals surface area (Å²) in [5.74, 6) is 0. The summed E-state index contributed by atoms with van der Waals surface area (Å²) in [6.07, 6.45) is 0. The first-order valence-electron chi connectivity index (χ1n) is 0.612. The Kier molecular flexibility index (Phi) is 24.4. The topological polar surface area (TPSA) is 63.2 Å². The van der Waals surface area contributed by atoms with Crippen molar-refractivity contribution in [1.29, 1.82) is 0 Å². The summed E-state index contributed by atoms with van der Waals surface area (Å²) in [6.45, 7) is 0. The molecule has 1 radical (unpaired) electrons. The third-order valence-corrected chi connectivity index (χ3v) is 0. The van der Waals surface area contributed by atoms with E-state index >= 15 is 0 Å². The molecule has 29 valence electrons. The molecule has 6 heteroatoms. The third-order valence-electron chi connectivity index (χ3n) is 0. The van der Waals surface area contributed by atoms with E-state index in [0.717, 1.165) is 0 Å². The molecular formula is AlFeO3Si+4. The van der Waals surface area contributed by atoms with Crippen LogP contribution in [0.4, 0.5) is 0 Å². The van der Waals surface area contributed by atoms with E-state index in [1.807, 2.05) is 0 Å². The van der Waals surface area contributed by atoms with Gasteiger partial charge in [0.1, 0.15) is 0 Å². The zero-order valence-electron chi connectivity index (χ0n) is 2.66. The van der Waals surface area contributed by atoms with Crippen LogP contribution in [0.5, 0.6) is 0 Å². The van der Waals surface area contributed by atoms with Crippen LogP contribution in [0.2, 0.25) is 0 Å². The molecule has 0 aliphatic heterocycles. The predicted octanol–water partition coefficient (Wildman–Crippen LogP) is -3.26. The molecule has 3 nitrogen and oxygen atoms in total. The Morgan fingerprint density at radius 2 is 1.33 bits per heavy atom. The summed E-state index contributed by atoms with van der Waals surface area (Å²) < 4.78 is 8.52. The van der Waals surface area contributed by atoms with Crippen LogP contribution in [0, 0.1) is 0 Å². The van der Waals surface area contributed by atoms with Gasteiger partial charge in [-0.2, -0.15) is 0 Å². The van der Waals surface area contributed by atoms with Gasteiger partial charge >= 0.3 is 34.4 Å². The van der Waals surface area contributed by atoms with Crippen molar-refractivity contribution >= 4 is 26.5 Å². The van der Waals surface area contributed by atoms with Crippen LogP contribution in [-0.2, 0) is 21.5 Å². The van der Waals surface area contributed by atoms with Crippen LogP contribution < -0.4 is 9.59 Å². The zero-order valence-corrected chi connectivity index (χ0v) is 5.91. The van der Waals surface area contributed by atoms with Crippen LogP contribution in [-0.4, -0.2) is 26.5 Å². The Morgan fingerprint density at radius 1 is 1.33 bits per heavy atom. The van der Waals surface area contributed by atoms with E-state index in [-0.39, 0.29) is 34.4 Å². The van der Waals surface area contributed by atoms with Gasteiger partial charge in [0.15, 0.2) is 0 Å². The van der Waals surface area contributed by atoms with Gasteiger partial charge in [0.25, 0.3) is 0 Å². The Balaban J connectivity index is -0.0000000450. The van der Waals surface area contributed by atoms with E-state index in [4.69, 9.17) is 14.1 Å². The summed E-state index contributed by atoms with van der Waals surface area (Å²) in [6, 6.07) is 0. The molecular weight excluding hydrogens is 159 g/mol. The standard InChI is InChI=1S/Al.Fe.O3Si/c;;1-4(2)3/q2*+3;-2. The van der Waals surface area contributed by atoms with Gasteiger partial charge in [-0.1, -0.05) is 0 Å². The smallest absolute Gasteiger partial charge is 0.672 e. The molecule has 0 unspecified atom stereocenters. The SMILES string of the molecule is O=[Si]([O-])[O-].[Al+3].[Fe+3]. The van der Waals surface area contributed by atoms with E-state index in [1.54, 1.807) is 0 Å². The molecule has 0 aromatic rings. The van der Waals surface area contributed by atoms with E-state index in [2.05, 4.69) is 0 Å². The second kappa shape index (κ2) is 9.18. The van der Waals surface area contributed by atoms with Crippen molar-refractivity contribution in [2.45, 2.75) is 0 Å². The molecule has 0 heterocycles. The van der Waals surface area contributed by atoms with Crippen molar-refractivity contribution in [1.82, 2.24) is 0 Å². The monoisotopic (exact) mass is 159 g/mol. The molecule has 0 rings (SSSR count). The molecule has 6 heavy (non-hydrogen) atoms. The molecule has 0 amide bonds. The summed E-state index contributed by atoms with van der Waals surface area (Å²) in [5, 5.41) is 0. The fraction of sp³-hybridized carbons (Fsp3) is 0. The Hall–Kier alpha value is 0.669. The molecule has 0 saturated heterocycles. The van der Waals surface area contributed by atoms with Gasteiger partial charge in [0.2, 0.25) is 0 Å². The Bertz CT molecular complexity index is 33.8. The minimum absolute atomic E-state index is 0. The summed E-state index contributed by atoms with van der Waals surface area (Å²) in [5.41, 5.74) is 0. The van der Waals surface area contributed by atoms with Gasteiger partial charge in [-0.05, 0) is 0 Å². The van der Waals surface area contributed by atoms with Crippen LogP contribution >= 0.6 is 0 Å². The molecule has 0 aromatic heterocycles. The van der Waals surface area contributed by atoms with Crippen LogP contribution in [0.1, 0.15) is 0 Å². The second-order valence-electron chi connectivity index (χ2n) is 0.250. The first kappa shape index (κ1) is 15.9. The van der Waals surface area contributed by atoms with Gasteiger partial charge in [-0.3, -0.25) is 0 Å². The quantitative estimate of drug-likeness (QED) is 0.348. The van der Waals surface area contributed by atoms with Crippen molar-refractivity contribution in [3.8, 4) is 0 Å². The maximum atomic E-state index is 8.52. The number of rotatable bonds is 0. The first-order valence-corrected chi connectivity index (χ1v) is 1.84. The van der Waals surface area contributed by atoms with Crippen molar-refractivity contribution in [2.75, 3.05) is 0 Å². The summed E-state index contributed by atoms with van der Waals surface area (Å²) >= 11 is 0. The van der Waals surface area contributed by atoms with Crippen LogP contribution in [0.15, 0.2) is 0 Å². The van der Waals surface area contributed by atoms with Crippen molar-refractivity contribution in [3.63, 3.8) is 0 Å². The molecule has 0 spiro atoms. The molecule has 0 aliphatic rings. The average molecular weight is 159 g/mol. The first-order chi connectivity index (χ1) is 1.73. The van der Waals surface area contributed by atoms with Gasteiger partial charge < -0.3 is 14.1 Å². The van der Waals surface area contributed by atoms with E-state index < -0.39 is 9.17 Å². The molecule has 0 aromatic carbocycles. The minimum atomic E-state index is -3.63. The van der Waals surface area contributed by atoms with E-state index in [0.29, 0.717) is 0 Å². The Labute approximate surface area is 57.9 Å². The average Bonchev–Trinajstić information content (AvgIpc) is 0.811. The molecule has 0 N–H and O–H groups in total. The van der Waals surface area contributed by atoms with E-state index in [1.165, 1.54) is 0 Å². The summed E-state index contributed by atoms with van der Waals surface area (Å²) in [7, 11) is -3.63. The third kappa shape index (κ3) is 140. The molecule has 0 saturated carbocycles. The normalized spacial score (nSPS) is 4.00. The largest absolute Gasteiger partial charge is 3.00 e. The molecule has 0 atom stereocenters. The van der Waals surface area contributed by atoms with Crippen molar-refractivity contribution < 1.29 is 31.1 Å². The maximum absolute atomic E-state index is 8.52. The van der Waals surface area contributed by atoms with Crippen LogP contribution in [0.3, 0.4) is 0 Å². The van der Waals surface area contributed by atoms with E-state index in [9.17, 15) is 0 Å². The van der Waals surface area contributed by atoms with Crippen molar-refractivity contribution in [2.24, 2.45) is 0 Å².